The van der Waals surface area contributed by atoms with Crippen LogP contribution in [0.4, 0.5) is 0 Å². The molecule has 24 heavy (non-hydrogen) atoms. The molecular weight excluding hydrogens is 345 g/mol. The molecule has 0 saturated heterocycles. The summed E-state index contributed by atoms with van der Waals surface area (Å²) < 4.78 is 5.49. The average Bonchev–Trinajstić information content (AvgIpc) is 2.52. The maximum atomic E-state index is 5.77. The van der Waals surface area contributed by atoms with Crippen molar-refractivity contribution in [1.82, 2.24) is 9.88 Å². The first kappa shape index (κ1) is 22.7. The summed E-state index contributed by atoms with van der Waals surface area (Å²) in [4.78, 5) is 6.91. The van der Waals surface area contributed by atoms with Crippen LogP contribution in [0, 0.1) is 13.8 Å². The normalized spacial score (nSPS) is 10.0. The van der Waals surface area contributed by atoms with Crippen LogP contribution in [0.3, 0.4) is 0 Å². The molecular formula is C18H27Cl2N3O. The molecule has 0 unspecified atom stereocenters. The monoisotopic (exact) mass is 371 g/mol. The van der Waals surface area contributed by atoms with Crippen molar-refractivity contribution in [3.05, 3.63) is 58.9 Å². The van der Waals surface area contributed by atoms with Gasteiger partial charge in [-0.05, 0) is 19.4 Å². The molecule has 0 aliphatic carbocycles. The van der Waals surface area contributed by atoms with Crippen LogP contribution in [0.1, 0.15) is 22.4 Å². The van der Waals surface area contributed by atoms with Gasteiger partial charge in [-0.15, -0.1) is 24.8 Å². The third-order valence-electron chi connectivity index (χ3n) is 3.82. The van der Waals surface area contributed by atoms with Crippen molar-refractivity contribution in [2.75, 3.05) is 20.2 Å². The predicted molar refractivity (Wildman–Crippen MR) is 104 cm³/mol. The molecule has 0 bridgehead atoms. The number of nitrogens with two attached hydrogens (primary N) is 1. The fraction of sp³-hybridized carbons (Fsp3) is 0.389. The number of pyridine rings is 1. The highest BCUT2D eigenvalue weighted by Gasteiger charge is 2.13. The minimum Gasteiger partial charge on any atom is -0.496 e. The zero-order valence-electron chi connectivity index (χ0n) is 14.5. The number of nitrogens with zero attached hydrogens (tertiary/aromatic N) is 2. The molecule has 134 valence electrons. The second-order valence-electron chi connectivity index (χ2n) is 5.53. The third kappa shape index (κ3) is 5.95. The van der Waals surface area contributed by atoms with E-state index in [4.69, 9.17) is 10.5 Å². The summed E-state index contributed by atoms with van der Waals surface area (Å²) in [5.41, 5.74) is 10.3. The molecule has 2 aromatic rings. The van der Waals surface area contributed by atoms with Gasteiger partial charge in [0.05, 0.1) is 12.8 Å². The summed E-state index contributed by atoms with van der Waals surface area (Å²) in [6.07, 6.45) is 1.88. The van der Waals surface area contributed by atoms with E-state index in [2.05, 4.69) is 41.1 Å². The van der Waals surface area contributed by atoms with E-state index in [9.17, 15) is 0 Å². The van der Waals surface area contributed by atoms with Crippen molar-refractivity contribution in [1.29, 1.82) is 0 Å². The fourth-order valence-electron chi connectivity index (χ4n) is 2.68. The third-order valence-corrected chi connectivity index (χ3v) is 3.82. The van der Waals surface area contributed by atoms with Crippen molar-refractivity contribution in [2.45, 2.75) is 26.9 Å². The molecule has 0 spiro atoms. The Morgan fingerprint density at radius 3 is 2.33 bits per heavy atom. The minimum absolute atomic E-state index is 0. The lowest BCUT2D eigenvalue weighted by atomic mass is 10.1. The number of aryl methyl sites for hydroxylation is 1. The summed E-state index contributed by atoms with van der Waals surface area (Å²) in [6, 6.07) is 10.4. The molecule has 4 nitrogen and oxygen atoms in total. The molecule has 0 saturated carbocycles. The Labute approximate surface area is 157 Å². The van der Waals surface area contributed by atoms with Crippen LogP contribution >= 0.6 is 24.8 Å². The van der Waals surface area contributed by atoms with Crippen LogP contribution in [0.2, 0.25) is 0 Å². The van der Waals surface area contributed by atoms with E-state index in [1.807, 2.05) is 19.2 Å². The average molecular weight is 372 g/mol. The topological polar surface area (TPSA) is 51.4 Å². The van der Waals surface area contributed by atoms with E-state index in [0.29, 0.717) is 6.54 Å². The van der Waals surface area contributed by atoms with E-state index < -0.39 is 0 Å². The summed E-state index contributed by atoms with van der Waals surface area (Å²) >= 11 is 0. The Bertz CT molecular complexity index is 609. The molecule has 0 amide bonds. The number of methoxy groups -OCH3 is 1. The molecule has 2 rings (SSSR count). The highest BCUT2D eigenvalue weighted by molar-refractivity contribution is 5.85. The second kappa shape index (κ2) is 11.3. The number of halogens is 2. The van der Waals surface area contributed by atoms with E-state index in [0.717, 1.165) is 42.2 Å². The first-order valence-electron chi connectivity index (χ1n) is 7.61. The fourth-order valence-corrected chi connectivity index (χ4v) is 2.68. The lowest BCUT2D eigenvalue weighted by Gasteiger charge is -2.23. The largest absolute Gasteiger partial charge is 0.496 e. The standard InChI is InChI=1S/C18H25N3O.2ClH/c1-14-11-20-17(15(2)18(14)22-3)13-21(10-9-19)12-16-7-5-4-6-8-16;;/h4-8,11H,9-10,12-13,19H2,1-3H3;2*1H. The van der Waals surface area contributed by atoms with Crippen LogP contribution in [0.25, 0.3) is 0 Å². The van der Waals surface area contributed by atoms with E-state index in [-0.39, 0.29) is 24.8 Å². The predicted octanol–water partition coefficient (Wildman–Crippen LogP) is 3.51. The molecule has 1 aromatic carbocycles. The summed E-state index contributed by atoms with van der Waals surface area (Å²) in [5, 5.41) is 0. The van der Waals surface area contributed by atoms with Crippen LogP contribution in [0.15, 0.2) is 36.5 Å². The Kier molecular flexibility index (Phi) is 10.6. The van der Waals surface area contributed by atoms with Crippen LogP contribution < -0.4 is 10.5 Å². The van der Waals surface area contributed by atoms with Crippen molar-refractivity contribution in [3.63, 3.8) is 0 Å². The van der Waals surface area contributed by atoms with E-state index in [1.54, 1.807) is 7.11 Å². The Balaban J connectivity index is 0.00000264. The van der Waals surface area contributed by atoms with Crippen LogP contribution in [0.5, 0.6) is 5.75 Å². The molecule has 1 heterocycles. The molecule has 0 radical (unpaired) electrons. The van der Waals surface area contributed by atoms with Crippen molar-refractivity contribution in [3.8, 4) is 5.75 Å². The molecule has 0 aliphatic heterocycles. The van der Waals surface area contributed by atoms with Gasteiger partial charge in [0.1, 0.15) is 5.75 Å². The number of aromatic nitrogens is 1. The van der Waals surface area contributed by atoms with Gasteiger partial charge in [0.15, 0.2) is 0 Å². The molecule has 2 N–H and O–H groups in total. The van der Waals surface area contributed by atoms with E-state index >= 15 is 0 Å². The van der Waals surface area contributed by atoms with Gasteiger partial charge in [0, 0.05) is 43.5 Å². The molecule has 0 atom stereocenters. The van der Waals surface area contributed by atoms with Gasteiger partial charge >= 0.3 is 0 Å². The van der Waals surface area contributed by atoms with Crippen molar-refractivity contribution in [2.24, 2.45) is 5.73 Å². The van der Waals surface area contributed by atoms with Crippen LogP contribution in [-0.2, 0) is 13.1 Å². The van der Waals surface area contributed by atoms with Gasteiger partial charge in [0.25, 0.3) is 0 Å². The number of benzene rings is 1. The zero-order chi connectivity index (χ0) is 15.9. The number of hydrogen-bond donors (Lipinski definition) is 1. The second-order valence-corrected chi connectivity index (χ2v) is 5.53. The molecule has 6 heteroatoms. The maximum Gasteiger partial charge on any atom is 0.128 e. The van der Waals surface area contributed by atoms with Gasteiger partial charge in [-0.2, -0.15) is 0 Å². The first-order valence-corrected chi connectivity index (χ1v) is 7.61. The summed E-state index contributed by atoms with van der Waals surface area (Å²) in [6.45, 7) is 7.20. The summed E-state index contributed by atoms with van der Waals surface area (Å²) in [7, 11) is 1.71. The number of hydrogen-bond acceptors (Lipinski definition) is 4. The smallest absolute Gasteiger partial charge is 0.128 e. The zero-order valence-corrected chi connectivity index (χ0v) is 16.1. The van der Waals surface area contributed by atoms with E-state index in [1.165, 1.54) is 5.56 Å². The maximum absolute atomic E-state index is 5.77. The molecule has 1 aromatic heterocycles. The first-order chi connectivity index (χ1) is 10.7. The van der Waals surface area contributed by atoms with Gasteiger partial charge in [-0.3, -0.25) is 9.88 Å². The van der Waals surface area contributed by atoms with Crippen molar-refractivity contribution < 1.29 is 4.74 Å². The van der Waals surface area contributed by atoms with Gasteiger partial charge in [-0.25, -0.2) is 0 Å². The highest BCUT2D eigenvalue weighted by atomic mass is 35.5. The van der Waals surface area contributed by atoms with Gasteiger partial charge in [0.2, 0.25) is 0 Å². The van der Waals surface area contributed by atoms with Gasteiger partial charge in [-0.1, -0.05) is 30.3 Å². The van der Waals surface area contributed by atoms with Gasteiger partial charge < -0.3 is 10.5 Å². The molecule has 0 aliphatic rings. The van der Waals surface area contributed by atoms with Crippen molar-refractivity contribution >= 4 is 24.8 Å². The van der Waals surface area contributed by atoms with Crippen LogP contribution in [-0.4, -0.2) is 30.1 Å². The highest BCUT2D eigenvalue weighted by Crippen LogP contribution is 2.25. The molecule has 0 fully saturated rings. The lowest BCUT2D eigenvalue weighted by molar-refractivity contribution is 0.260. The minimum atomic E-state index is 0. The SMILES string of the molecule is COc1c(C)cnc(CN(CCN)Cc2ccccc2)c1C.Cl.Cl. The Hall–Kier alpha value is -1.33. The number of rotatable bonds is 7. The quantitative estimate of drug-likeness (QED) is 0.808. The Morgan fingerprint density at radius 2 is 1.75 bits per heavy atom. The number of ether oxygens (including phenoxy) is 1. The summed E-state index contributed by atoms with van der Waals surface area (Å²) in [5.74, 6) is 0.928. The lowest BCUT2D eigenvalue weighted by Crippen LogP contribution is -2.29. The Morgan fingerprint density at radius 1 is 1.08 bits per heavy atom.